The Labute approximate surface area is 182 Å². The van der Waals surface area contributed by atoms with Crippen molar-refractivity contribution in [2.75, 3.05) is 24.2 Å². The number of rotatable bonds is 9. The summed E-state index contributed by atoms with van der Waals surface area (Å²) in [5.74, 6) is -0.792. The van der Waals surface area contributed by atoms with E-state index in [1.165, 1.54) is 11.9 Å². The van der Waals surface area contributed by atoms with Gasteiger partial charge in [0.25, 0.3) is 0 Å². The molecule has 2 aromatic rings. The first-order chi connectivity index (χ1) is 14.2. The Morgan fingerprint density at radius 1 is 1.07 bits per heavy atom. The van der Waals surface area contributed by atoms with E-state index in [1.807, 2.05) is 0 Å². The fourth-order valence-electron chi connectivity index (χ4n) is 3.08. The zero-order valence-electron chi connectivity index (χ0n) is 17.2. The van der Waals surface area contributed by atoms with Gasteiger partial charge in [0, 0.05) is 18.6 Å². The summed E-state index contributed by atoms with van der Waals surface area (Å²) < 4.78 is 25.8. The van der Waals surface area contributed by atoms with E-state index in [-0.39, 0.29) is 12.5 Å². The van der Waals surface area contributed by atoms with Gasteiger partial charge in [0.15, 0.2) is 0 Å². The molecule has 0 fully saturated rings. The number of sulfonamides is 1. The Morgan fingerprint density at radius 3 is 2.17 bits per heavy atom. The van der Waals surface area contributed by atoms with Gasteiger partial charge in [-0.05, 0) is 36.2 Å². The predicted octanol–water partition coefficient (Wildman–Crippen LogP) is 2.66. The number of carbonyl (C=O) groups is 2. The van der Waals surface area contributed by atoms with Crippen LogP contribution in [0.3, 0.4) is 0 Å². The van der Waals surface area contributed by atoms with E-state index in [1.54, 1.807) is 61.5 Å². The summed E-state index contributed by atoms with van der Waals surface area (Å²) in [4.78, 5) is 27.1. The van der Waals surface area contributed by atoms with Gasteiger partial charge >= 0.3 is 0 Å². The van der Waals surface area contributed by atoms with Gasteiger partial charge in [-0.2, -0.15) is 0 Å². The number of carbonyl (C=O) groups excluding carboxylic acids is 2. The summed E-state index contributed by atoms with van der Waals surface area (Å²) in [6, 6.07) is 14.6. The molecule has 2 amide bonds. The third kappa shape index (κ3) is 6.21. The maximum Gasteiger partial charge on any atom is 0.244 e. The first-order valence-electron chi connectivity index (χ1n) is 9.45. The molecule has 7 nitrogen and oxygen atoms in total. The van der Waals surface area contributed by atoms with Crippen LogP contribution in [0, 0.1) is 0 Å². The van der Waals surface area contributed by atoms with Crippen molar-refractivity contribution in [1.82, 2.24) is 10.2 Å². The van der Waals surface area contributed by atoms with Crippen LogP contribution in [0.2, 0.25) is 5.02 Å². The molecule has 0 aromatic heterocycles. The zero-order valence-corrected chi connectivity index (χ0v) is 18.8. The van der Waals surface area contributed by atoms with E-state index in [4.69, 9.17) is 11.6 Å². The highest BCUT2D eigenvalue weighted by Crippen LogP contribution is 2.19. The largest absolute Gasteiger partial charge is 0.357 e. The van der Waals surface area contributed by atoms with Crippen LogP contribution in [0.4, 0.5) is 5.69 Å². The fourth-order valence-corrected chi connectivity index (χ4v) is 4.06. The number of likely N-dealkylation sites (N-methyl/N-ethyl adjacent to an activating group) is 1. The summed E-state index contributed by atoms with van der Waals surface area (Å²) in [5, 5.41) is 3.13. The van der Waals surface area contributed by atoms with Gasteiger partial charge in [-0.15, -0.1) is 0 Å². The smallest absolute Gasteiger partial charge is 0.244 e. The second-order valence-corrected chi connectivity index (χ2v) is 9.13. The van der Waals surface area contributed by atoms with Gasteiger partial charge in [0.05, 0.1) is 11.9 Å². The number of halogens is 1. The van der Waals surface area contributed by atoms with Crippen molar-refractivity contribution in [1.29, 1.82) is 0 Å². The summed E-state index contributed by atoms with van der Waals surface area (Å²) in [6.45, 7) is 1.53. The van der Waals surface area contributed by atoms with Gasteiger partial charge in [-0.1, -0.05) is 48.9 Å². The number of hydrogen-bond acceptors (Lipinski definition) is 4. The molecule has 30 heavy (non-hydrogen) atoms. The molecule has 0 aliphatic rings. The van der Waals surface area contributed by atoms with Crippen LogP contribution in [0.25, 0.3) is 0 Å². The number of hydrogen-bond donors (Lipinski definition) is 1. The van der Waals surface area contributed by atoms with Gasteiger partial charge in [-0.25, -0.2) is 8.42 Å². The summed E-state index contributed by atoms with van der Waals surface area (Å²) in [6.07, 6.45) is 1.43. The lowest BCUT2D eigenvalue weighted by atomic mass is 10.1. The van der Waals surface area contributed by atoms with Crippen LogP contribution in [-0.2, 0) is 26.2 Å². The maximum atomic E-state index is 13.3. The van der Waals surface area contributed by atoms with E-state index in [9.17, 15) is 18.0 Å². The molecule has 0 aliphatic carbocycles. The third-order valence-corrected chi connectivity index (χ3v) is 6.01. The van der Waals surface area contributed by atoms with Gasteiger partial charge in [-0.3, -0.25) is 13.9 Å². The molecule has 2 rings (SSSR count). The van der Waals surface area contributed by atoms with Gasteiger partial charge < -0.3 is 10.2 Å². The van der Waals surface area contributed by atoms with Crippen LogP contribution < -0.4 is 9.62 Å². The normalized spacial score (nSPS) is 12.1. The highest BCUT2D eigenvalue weighted by atomic mass is 35.5. The lowest BCUT2D eigenvalue weighted by Gasteiger charge is -2.32. The summed E-state index contributed by atoms with van der Waals surface area (Å²) >= 11 is 5.94. The maximum absolute atomic E-state index is 13.3. The van der Waals surface area contributed by atoms with Crippen molar-refractivity contribution >= 4 is 39.1 Å². The number of amides is 2. The lowest BCUT2D eigenvalue weighted by Crippen LogP contribution is -2.51. The van der Waals surface area contributed by atoms with Crippen LogP contribution in [-0.4, -0.2) is 51.0 Å². The average Bonchev–Trinajstić information content (AvgIpc) is 2.72. The van der Waals surface area contributed by atoms with E-state index in [0.29, 0.717) is 17.1 Å². The van der Waals surface area contributed by atoms with Crippen molar-refractivity contribution in [3.05, 3.63) is 65.2 Å². The monoisotopic (exact) mass is 451 g/mol. The van der Waals surface area contributed by atoms with Crippen molar-refractivity contribution < 1.29 is 18.0 Å². The summed E-state index contributed by atoms with van der Waals surface area (Å²) in [7, 11) is -2.21. The second kappa shape index (κ2) is 10.4. The molecule has 2 aromatic carbocycles. The molecule has 0 saturated heterocycles. The minimum atomic E-state index is -3.72. The molecular formula is C21H26ClN3O4S. The number of anilines is 1. The fraction of sp³-hybridized carbons (Fsp3) is 0.333. The number of benzene rings is 2. The Balaban J connectivity index is 2.38. The molecule has 1 unspecified atom stereocenters. The molecule has 0 aliphatic heterocycles. The first kappa shape index (κ1) is 23.7. The Bertz CT molecular complexity index is 966. The molecule has 0 bridgehead atoms. The SMILES string of the molecule is CCC(C(=O)NC)N(Cc1ccc(Cl)cc1)C(=O)CN(c1ccccc1)S(C)(=O)=O. The molecule has 9 heteroatoms. The molecule has 1 N–H and O–H groups in total. The quantitative estimate of drug-likeness (QED) is 0.635. The highest BCUT2D eigenvalue weighted by molar-refractivity contribution is 7.92. The Morgan fingerprint density at radius 2 is 1.67 bits per heavy atom. The predicted molar refractivity (Wildman–Crippen MR) is 119 cm³/mol. The van der Waals surface area contributed by atoms with Gasteiger partial charge in [0.1, 0.15) is 12.6 Å². The first-order valence-corrected chi connectivity index (χ1v) is 11.7. The molecule has 0 spiro atoms. The van der Waals surface area contributed by atoms with Crippen molar-refractivity contribution in [3.8, 4) is 0 Å². The second-order valence-electron chi connectivity index (χ2n) is 6.79. The summed E-state index contributed by atoms with van der Waals surface area (Å²) in [5.41, 5.74) is 1.16. The standard InChI is InChI=1S/C21H26ClN3O4S/c1-4-19(21(27)23-2)24(14-16-10-12-17(22)13-11-16)20(26)15-25(30(3,28)29)18-8-6-5-7-9-18/h5-13,19H,4,14-15H2,1-3H3,(H,23,27). The van der Waals surface area contributed by atoms with Crippen LogP contribution in [0.5, 0.6) is 0 Å². The molecule has 0 saturated carbocycles. The van der Waals surface area contributed by atoms with Crippen molar-refractivity contribution in [3.63, 3.8) is 0 Å². The minimum absolute atomic E-state index is 0.147. The molecule has 0 heterocycles. The van der Waals surface area contributed by atoms with E-state index >= 15 is 0 Å². The average molecular weight is 452 g/mol. The topological polar surface area (TPSA) is 86.8 Å². The molecule has 162 valence electrons. The zero-order chi connectivity index (χ0) is 22.3. The van der Waals surface area contributed by atoms with Crippen LogP contribution in [0.1, 0.15) is 18.9 Å². The van der Waals surface area contributed by atoms with Crippen LogP contribution >= 0.6 is 11.6 Å². The number of para-hydroxylation sites is 1. The van der Waals surface area contributed by atoms with Gasteiger partial charge in [0.2, 0.25) is 21.8 Å². The van der Waals surface area contributed by atoms with Crippen LogP contribution in [0.15, 0.2) is 54.6 Å². The number of nitrogens with zero attached hydrogens (tertiary/aromatic N) is 2. The third-order valence-electron chi connectivity index (χ3n) is 4.62. The van der Waals surface area contributed by atoms with Crippen molar-refractivity contribution in [2.45, 2.75) is 25.9 Å². The highest BCUT2D eigenvalue weighted by Gasteiger charge is 2.31. The molecule has 0 radical (unpaired) electrons. The van der Waals surface area contributed by atoms with E-state index in [0.717, 1.165) is 16.1 Å². The van der Waals surface area contributed by atoms with Crippen molar-refractivity contribution in [2.24, 2.45) is 0 Å². The Hall–Kier alpha value is -2.58. The minimum Gasteiger partial charge on any atom is -0.357 e. The lowest BCUT2D eigenvalue weighted by molar-refractivity contribution is -0.140. The number of nitrogens with one attached hydrogen (secondary N) is 1. The Kier molecular flexibility index (Phi) is 8.25. The molecular weight excluding hydrogens is 426 g/mol. The van der Waals surface area contributed by atoms with E-state index in [2.05, 4.69) is 5.32 Å². The van der Waals surface area contributed by atoms with E-state index < -0.39 is 28.5 Å². The molecule has 1 atom stereocenters.